The Morgan fingerprint density at radius 3 is 2.56 bits per heavy atom. The lowest BCUT2D eigenvalue weighted by Gasteiger charge is -2.02. The van der Waals surface area contributed by atoms with Gasteiger partial charge in [-0.3, -0.25) is 4.79 Å². The average molecular weight is 239 g/mol. The van der Waals surface area contributed by atoms with Crippen LogP contribution in [-0.4, -0.2) is 10.1 Å². The first-order valence-corrected chi connectivity index (χ1v) is 5.44. The maximum atomic E-state index is 11.8. The van der Waals surface area contributed by atoms with Crippen LogP contribution in [0.5, 0.6) is 5.75 Å². The lowest BCUT2D eigenvalue weighted by Crippen LogP contribution is -2.07. The van der Waals surface area contributed by atoms with E-state index < -0.39 is 5.56 Å². The number of phenolic OH excluding ortho intramolecular Hbond substituents is 1. The van der Waals surface area contributed by atoms with E-state index in [2.05, 4.69) is 4.98 Å². The molecule has 1 N–H and O–H groups in total. The van der Waals surface area contributed by atoms with Gasteiger partial charge < -0.3 is 9.52 Å². The minimum Gasteiger partial charge on any atom is -0.504 e. The van der Waals surface area contributed by atoms with Crippen molar-refractivity contribution in [3.05, 3.63) is 58.9 Å². The van der Waals surface area contributed by atoms with Crippen molar-refractivity contribution in [3.63, 3.8) is 0 Å². The number of aromatic hydroxyl groups is 1. The molecule has 88 valence electrons. The van der Waals surface area contributed by atoms with Crippen molar-refractivity contribution < 1.29 is 9.52 Å². The van der Waals surface area contributed by atoms with Crippen molar-refractivity contribution in [2.45, 2.75) is 0 Å². The van der Waals surface area contributed by atoms with Crippen LogP contribution in [0.15, 0.2) is 57.7 Å². The van der Waals surface area contributed by atoms with E-state index in [-0.39, 0.29) is 22.6 Å². The summed E-state index contributed by atoms with van der Waals surface area (Å²) in [5, 5.41) is 9.98. The van der Waals surface area contributed by atoms with Crippen LogP contribution >= 0.6 is 0 Å². The molecular weight excluding hydrogens is 230 g/mol. The fraction of sp³-hybridized carbons (Fsp3) is 0. The normalized spacial score (nSPS) is 10.7. The van der Waals surface area contributed by atoms with Crippen molar-refractivity contribution in [2.75, 3.05) is 0 Å². The van der Waals surface area contributed by atoms with Gasteiger partial charge in [-0.15, -0.1) is 0 Å². The quantitative estimate of drug-likeness (QED) is 0.708. The Hall–Kier alpha value is -2.62. The third-order valence-electron chi connectivity index (χ3n) is 2.65. The summed E-state index contributed by atoms with van der Waals surface area (Å²) in [7, 11) is 0. The van der Waals surface area contributed by atoms with Gasteiger partial charge in [-0.1, -0.05) is 24.3 Å². The second-order valence-electron chi connectivity index (χ2n) is 3.84. The molecule has 0 saturated heterocycles. The zero-order valence-corrected chi connectivity index (χ0v) is 9.33. The third kappa shape index (κ3) is 1.64. The van der Waals surface area contributed by atoms with Gasteiger partial charge in [0.15, 0.2) is 11.3 Å². The standard InChI is InChI=1S/C14H9NO3/c16-11-8-4-7-10-12(11)18-14(15-13(10)17)9-5-2-1-3-6-9/h1-8,16H. The van der Waals surface area contributed by atoms with E-state index in [1.165, 1.54) is 6.07 Å². The van der Waals surface area contributed by atoms with Gasteiger partial charge in [0.1, 0.15) is 0 Å². The number of hydrogen-bond acceptors (Lipinski definition) is 4. The second-order valence-corrected chi connectivity index (χ2v) is 3.84. The summed E-state index contributed by atoms with van der Waals surface area (Å²) < 4.78 is 5.50. The maximum Gasteiger partial charge on any atom is 0.284 e. The molecular formula is C14H9NO3. The zero-order chi connectivity index (χ0) is 12.5. The van der Waals surface area contributed by atoms with Crippen LogP contribution in [0.25, 0.3) is 22.4 Å². The molecule has 0 atom stereocenters. The van der Waals surface area contributed by atoms with Crippen LogP contribution in [0, 0.1) is 0 Å². The Labute approximate surface area is 102 Å². The first-order valence-electron chi connectivity index (χ1n) is 5.44. The average Bonchev–Trinajstić information content (AvgIpc) is 2.41. The molecule has 0 fully saturated rings. The molecule has 0 saturated carbocycles. The van der Waals surface area contributed by atoms with E-state index in [1.807, 2.05) is 18.2 Å². The second kappa shape index (κ2) is 4.00. The molecule has 0 aliphatic rings. The third-order valence-corrected chi connectivity index (χ3v) is 2.65. The Morgan fingerprint density at radius 1 is 1.00 bits per heavy atom. The molecule has 4 nitrogen and oxygen atoms in total. The van der Waals surface area contributed by atoms with Crippen LogP contribution in [-0.2, 0) is 0 Å². The number of para-hydroxylation sites is 1. The number of fused-ring (bicyclic) bond motifs is 1. The van der Waals surface area contributed by atoms with Crippen molar-refractivity contribution in [2.24, 2.45) is 0 Å². The van der Waals surface area contributed by atoms with Gasteiger partial charge in [0.2, 0.25) is 5.89 Å². The van der Waals surface area contributed by atoms with Crippen molar-refractivity contribution in [1.82, 2.24) is 4.98 Å². The molecule has 4 heteroatoms. The molecule has 3 rings (SSSR count). The minimum absolute atomic E-state index is 0.0656. The molecule has 1 heterocycles. The number of nitrogens with zero attached hydrogens (tertiary/aromatic N) is 1. The van der Waals surface area contributed by atoms with Crippen LogP contribution in [0.3, 0.4) is 0 Å². The van der Waals surface area contributed by atoms with E-state index >= 15 is 0 Å². The van der Waals surface area contributed by atoms with Crippen LogP contribution in [0.2, 0.25) is 0 Å². The first kappa shape index (κ1) is 10.5. The predicted octanol–water partition coefficient (Wildman–Crippen LogP) is 2.56. The largest absolute Gasteiger partial charge is 0.504 e. The van der Waals surface area contributed by atoms with Crippen LogP contribution < -0.4 is 5.56 Å². The molecule has 0 radical (unpaired) electrons. The SMILES string of the molecule is O=c1nc(-c2ccccc2)oc2c(O)cccc12. The van der Waals surface area contributed by atoms with Gasteiger partial charge in [0.05, 0.1) is 5.39 Å². The van der Waals surface area contributed by atoms with E-state index in [1.54, 1.807) is 24.3 Å². The van der Waals surface area contributed by atoms with Crippen molar-refractivity contribution in [1.29, 1.82) is 0 Å². The van der Waals surface area contributed by atoms with E-state index in [9.17, 15) is 9.90 Å². The van der Waals surface area contributed by atoms with Gasteiger partial charge in [-0.2, -0.15) is 4.98 Å². The lowest BCUT2D eigenvalue weighted by molar-refractivity contribution is 0.462. The summed E-state index contributed by atoms with van der Waals surface area (Å²) in [6, 6.07) is 13.7. The summed E-state index contributed by atoms with van der Waals surface area (Å²) >= 11 is 0. The predicted molar refractivity (Wildman–Crippen MR) is 67.4 cm³/mol. The number of hydrogen-bond donors (Lipinski definition) is 1. The maximum absolute atomic E-state index is 11.8. The van der Waals surface area contributed by atoms with E-state index in [4.69, 9.17) is 4.42 Å². The molecule has 1 aromatic heterocycles. The smallest absolute Gasteiger partial charge is 0.284 e. The van der Waals surface area contributed by atoms with Gasteiger partial charge in [0.25, 0.3) is 5.56 Å². The molecule has 0 unspecified atom stereocenters. The Bertz CT molecular complexity index is 763. The van der Waals surface area contributed by atoms with Crippen molar-refractivity contribution >= 4 is 11.0 Å². The highest BCUT2D eigenvalue weighted by Crippen LogP contribution is 2.25. The molecule has 0 bridgehead atoms. The summed E-state index contributed by atoms with van der Waals surface area (Å²) in [5.74, 6) is 0.138. The van der Waals surface area contributed by atoms with E-state index in [0.29, 0.717) is 5.56 Å². The van der Waals surface area contributed by atoms with Gasteiger partial charge in [-0.05, 0) is 24.3 Å². The molecule has 18 heavy (non-hydrogen) atoms. The highest BCUT2D eigenvalue weighted by atomic mass is 16.4. The molecule has 0 amide bonds. The number of aromatic nitrogens is 1. The Kier molecular flexibility index (Phi) is 2.34. The van der Waals surface area contributed by atoms with Crippen molar-refractivity contribution in [3.8, 4) is 17.2 Å². The summed E-state index contributed by atoms with van der Waals surface area (Å²) in [5.41, 5.74) is 0.446. The fourth-order valence-electron chi connectivity index (χ4n) is 1.78. The Balaban J connectivity index is 2.34. The van der Waals surface area contributed by atoms with Gasteiger partial charge in [0, 0.05) is 5.56 Å². The number of phenols is 1. The molecule has 2 aromatic carbocycles. The molecule has 0 aliphatic carbocycles. The van der Waals surface area contributed by atoms with Crippen LogP contribution in [0.4, 0.5) is 0 Å². The molecule has 3 aromatic rings. The summed E-state index contributed by atoms with van der Waals surface area (Å²) in [6.45, 7) is 0. The summed E-state index contributed by atoms with van der Waals surface area (Å²) in [6.07, 6.45) is 0. The topological polar surface area (TPSA) is 63.3 Å². The van der Waals surface area contributed by atoms with Crippen LogP contribution in [0.1, 0.15) is 0 Å². The zero-order valence-electron chi connectivity index (χ0n) is 9.33. The highest BCUT2D eigenvalue weighted by molar-refractivity contribution is 5.82. The van der Waals surface area contributed by atoms with Gasteiger partial charge in [-0.25, -0.2) is 0 Å². The molecule has 0 spiro atoms. The van der Waals surface area contributed by atoms with Gasteiger partial charge >= 0.3 is 0 Å². The number of rotatable bonds is 1. The summed E-state index contributed by atoms with van der Waals surface area (Å²) in [4.78, 5) is 15.7. The van der Waals surface area contributed by atoms with E-state index in [0.717, 1.165) is 0 Å². The minimum atomic E-state index is -0.411. The lowest BCUT2D eigenvalue weighted by atomic mass is 10.2. The Morgan fingerprint density at radius 2 is 1.78 bits per heavy atom. The fourth-order valence-corrected chi connectivity index (χ4v) is 1.78. The first-order chi connectivity index (χ1) is 8.75. The molecule has 0 aliphatic heterocycles. The monoisotopic (exact) mass is 239 g/mol. The number of benzene rings is 2. The highest BCUT2D eigenvalue weighted by Gasteiger charge is 2.10.